The van der Waals surface area contributed by atoms with Crippen molar-refractivity contribution >= 4 is 28.9 Å². The molecule has 3 aromatic carbocycles. The van der Waals surface area contributed by atoms with E-state index < -0.39 is 0 Å². The first-order chi connectivity index (χ1) is 14.1. The topological polar surface area (TPSA) is 75.4 Å². The lowest BCUT2D eigenvalue weighted by atomic mass is 10.1. The van der Waals surface area contributed by atoms with E-state index in [0.717, 1.165) is 11.3 Å². The summed E-state index contributed by atoms with van der Waals surface area (Å²) in [4.78, 5) is 27.4. The highest BCUT2D eigenvalue weighted by molar-refractivity contribution is 6.11. The monoisotopic (exact) mass is 387 g/mol. The molecule has 29 heavy (non-hydrogen) atoms. The third-order valence-corrected chi connectivity index (χ3v) is 4.74. The Bertz CT molecular complexity index is 986. The van der Waals surface area contributed by atoms with Crippen molar-refractivity contribution in [3.05, 3.63) is 90.0 Å². The van der Waals surface area contributed by atoms with Gasteiger partial charge in [0.15, 0.2) is 0 Å². The van der Waals surface area contributed by atoms with E-state index in [2.05, 4.69) is 5.32 Å². The first-order valence-corrected chi connectivity index (χ1v) is 9.69. The van der Waals surface area contributed by atoms with Crippen molar-refractivity contribution in [3.63, 3.8) is 0 Å². The van der Waals surface area contributed by atoms with Crippen molar-refractivity contribution in [3.8, 4) is 0 Å². The van der Waals surface area contributed by atoms with E-state index in [1.54, 1.807) is 29.2 Å². The largest absolute Gasteiger partial charge is 0.399 e. The van der Waals surface area contributed by atoms with Crippen LogP contribution in [-0.4, -0.2) is 18.4 Å². The molecule has 0 saturated heterocycles. The summed E-state index contributed by atoms with van der Waals surface area (Å²) >= 11 is 0. The lowest BCUT2D eigenvalue weighted by molar-refractivity contribution is -0.116. The zero-order chi connectivity index (χ0) is 20.6. The van der Waals surface area contributed by atoms with E-state index in [9.17, 15) is 9.59 Å². The minimum Gasteiger partial charge on any atom is -0.399 e. The second kappa shape index (κ2) is 9.55. The molecule has 0 aliphatic rings. The number of hydrogen-bond donors (Lipinski definition) is 2. The van der Waals surface area contributed by atoms with E-state index in [1.165, 1.54) is 0 Å². The minimum atomic E-state index is -0.156. The van der Waals surface area contributed by atoms with Crippen LogP contribution in [0.4, 0.5) is 17.1 Å². The Kier molecular flexibility index (Phi) is 6.63. The molecule has 0 heterocycles. The normalized spacial score (nSPS) is 10.4. The number of amides is 2. The Balaban J connectivity index is 1.73. The van der Waals surface area contributed by atoms with Gasteiger partial charge in [-0.15, -0.1) is 0 Å². The maximum Gasteiger partial charge on any atom is 0.260 e. The SMILES string of the molecule is CCN(C(=O)c1ccccc1NC(=O)CCc1ccccc1N)c1ccccc1. The summed E-state index contributed by atoms with van der Waals surface area (Å²) in [7, 11) is 0. The van der Waals surface area contributed by atoms with Crippen molar-refractivity contribution < 1.29 is 9.59 Å². The summed E-state index contributed by atoms with van der Waals surface area (Å²) in [6.45, 7) is 2.45. The predicted octanol–water partition coefficient (Wildman–Crippen LogP) is 4.51. The van der Waals surface area contributed by atoms with Crippen LogP contribution < -0.4 is 16.0 Å². The van der Waals surface area contributed by atoms with Gasteiger partial charge in [-0.25, -0.2) is 0 Å². The minimum absolute atomic E-state index is 0.151. The van der Waals surface area contributed by atoms with Crippen molar-refractivity contribution in [1.82, 2.24) is 0 Å². The molecule has 0 saturated carbocycles. The Labute approximate surface area is 171 Å². The van der Waals surface area contributed by atoms with Crippen LogP contribution >= 0.6 is 0 Å². The molecule has 5 heteroatoms. The zero-order valence-electron chi connectivity index (χ0n) is 16.5. The van der Waals surface area contributed by atoms with Crippen LogP contribution in [0, 0.1) is 0 Å². The molecule has 0 spiro atoms. The number of nitrogens with two attached hydrogens (primary N) is 1. The van der Waals surface area contributed by atoms with E-state index in [1.807, 2.05) is 61.5 Å². The fraction of sp³-hybridized carbons (Fsp3) is 0.167. The smallest absolute Gasteiger partial charge is 0.260 e. The first kappa shape index (κ1) is 20.1. The molecule has 0 bridgehead atoms. The summed E-state index contributed by atoms with van der Waals surface area (Å²) in [5.74, 6) is -0.307. The molecule has 0 fully saturated rings. The standard InChI is InChI=1S/C24H25N3O2/c1-2-27(19-11-4-3-5-12-19)24(29)20-13-7-9-15-22(20)26-23(28)17-16-18-10-6-8-14-21(18)25/h3-15H,2,16-17,25H2,1H3,(H,26,28). The van der Waals surface area contributed by atoms with Gasteiger partial charge < -0.3 is 16.0 Å². The molecular weight excluding hydrogens is 362 g/mol. The molecule has 0 unspecified atom stereocenters. The molecule has 0 aliphatic carbocycles. The number of hydrogen-bond acceptors (Lipinski definition) is 3. The van der Waals surface area contributed by atoms with Crippen molar-refractivity contribution in [1.29, 1.82) is 0 Å². The van der Waals surface area contributed by atoms with Gasteiger partial charge in [0.25, 0.3) is 5.91 Å². The molecule has 0 aromatic heterocycles. The van der Waals surface area contributed by atoms with Crippen LogP contribution in [0.3, 0.4) is 0 Å². The third-order valence-electron chi connectivity index (χ3n) is 4.74. The van der Waals surface area contributed by atoms with Gasteiger partial charge in [-0.2, -0.15) is 0 Å². The van der Waals surface area contributed by atoms with Crippen molar-refractivity contribution in [2.45, 2.75) is 19.8 Å². The van der Waals surface area contributed by atoms with Gasteiger partial charge in [0, 0.05) is 24.3 Å². The number of para-hydroxylation sites is 3. The molecule has 3 aromatic rings. The van der Waals surface area contributed by atoms with Crippen LogP contribution in [0.2, 0.25) is 0 Å². The van der Waals surface area contributed by atoms with E-state index in [4.69, 9.17) is 5.73 Å². The summed E-state index contributed by atoms with van der Waals surface area (Å²) in [6.07, 6.45) is 0.826. The number of rotatable bonds is 7. The maximum absolute atomic E-state index is 13.2. The second-order valence-corrected chi connectivity index (χ2v) is 6.68. The third kappa shape index (κ3) is 5.02. The van der Waals surface area contributed by atoms with Gasteiger partial charge in [-0.1, -0.05) is 48.5 Å². The number of nitrogen functional groups attached to an aromatic ring is 1. The van der Waals surface area contributed by atoms with Crippen LogP contribution in [0.15, 0.2) is 78.9 Å². The van der Waals surface area contributed by atoms with Gasteiger partial charge in [0.05, 0.1) is 11.3 Å². The quantitative estimate of drug-likeness (QED) is 0.586. The van der Waals surface area contributed by atoms with Gasteiger partial charge in [0.1, 0.15) is 0 Å². The van der Waals surface area contributed by atoms with Crippen molar-refractivity contribution in [2.24, 2.45) is 0 Å². The predicted molar refractivity (Wildman–Crippen MR) is 118 cm³/mol. The number of carbonyl (C=O) groups excluding carboxylic acids is 2. The molecular formula is C24H25N3O2. The van der Waals surface area contributed by atoms with Crippen molar-refractivity contribution in [2.75, 3.05) is 22.5 Å². The van der Waals surface area contributed by atoms with E-state index in [0.29, 0.717) is 29.9 Å². The number of benzene rings is 3. The molecule has 0 radical (unpaired) electrons. The first-order valence-electron chi connectivity index (χ1n) is 9.69. The lowest BCUT2D eigenvalue weighted by Gasteiger charge is -2.22. The average molecular weight is 387 g/mol. The van der Waals surface area contributed by atoms with Crippen LogP contribution in [0.1, 0.15) is 29.3 Å². The molecule has 148 valence electrons. The number of anilines is 3. The zero-order valence-corrected chi connectivity index (χ0v) is 16.5. The number of nitrogens with zero attached hydrogens (tertiary/aromatic N) is 1. The number of aryl methyl sites for hydroxylation is 1. The summed E-state index contributed by atoms with van der Waals surface area (Å²) in [6, 6.07) is 24.1. The second-order valence-electron chi connectivity index (χ2n) is 6.68. The average Bonchev–Trinajstić information content (AvgIpc) is 2.75. The van der Waals surface area contributed by atoms with Crippen LogP contribution in [0.5, 0.6) is 0 Å². The Hall–Kier alpha value is -3.60. The van der Waals surface area contributed by atoms with Gasteiger partial charge >= 0.3 is 0 Å². The molecule has 2 amide bonds. The molecule has 3 rings (SSSR count). The van der Waals surface area contributed by atoms with Gasteiger partial charge in [0.2, 0.25) is 5.91 Å². The summed E-state index contributed by atoms with van der Waals surface area (Å²) in [5.41, 5.74) is 9.36. The highest BCUT2D eigenvalue weighted by Gasteiger charge is 2.19. The van der Waals surface area contributed by atoms with Gasteiger partial charge in [-0.3, -0.25) is 9.59 Å². The molecule has 0 aliphatic heterocycles. The fourth-order valence-corrected chi connectivity index (χ4v) is 3.20. The highest BCUT2D eigenvalue weighted by atomic mass is 16.2. The number of carbonyl (C=O) groups is 2. The molecule has 3 N–H and O–H groups in total. The van der Waals surface area contributed by atoms with E-state index >= 15 is 0 Å². The molecule has 5 nitrogen and oxygen atoms in total. The van der Waals surface area contributed by atoms with E-state index in [-0.39, 0.29) is 18.2 Å². The molecule has 0 atom stereocenters. The van der Waals surface area contributed by atoms with Crippen LogP contribution in [0.25, 0.3) is 0 Å². The summed E-state index contributed by atoms with van der Waals surface area (Å²) < 4.78 is 0. The number of nitrogens with one attached hydrogen (secondary N) is 1. The highest BCUT2D eigenvalue weighted by Crippen LogP contribution is 2.22. The lowest BCUT2D eigenvalue weighted by Crippen LogP contribution is -2.31. The Morgan fingerprint density at radius 2 is 1.55 bits per heavy atom. The Morgan fingerprint density at radius 3 is 2.28 bits per heavy atom. The summed E-state index contributed by atoms with van der Waals surface area (Å²) in [5, 5.41) is 2.88. The Morgan fingerprint density at radius 1 is 0.897 bits per heavy atom. The van der Waals surface area contributed by atoms with Gasteiger partial charge in [-0.05, 0) is 49.2 Å². The fourth-order valence-electron chi connectivity index (χ4n) is 3.20. The maximum atomic E-state index is 13.2. The van der Waals surface area contributed by atoms with Crippen LogP contribution in [-0.2, 0) is 11.2 Å².